The summed E-state index contributed by atoms with van der Waals surface area (Å²) in [6.45, 7) is 0. The van der Waals surface area contributed by atoms with E-state index in [0.717, 1.165) is 10.8 Å². The van der Waals surface area contributed by atoms with Gasteiger partial charge in [-0.3, -0.25) is 0 Å². The molecule has 3 fully saturated rings. The van der Waals surface area contributed by atoms with Crippen LogP contribution in [-0.2, 0) is 0 Å². The van der Waals surface area contributed by atoms with Gasteiger partial charge >= 0.3 is 0 Å². The summed E-state index contributed by atoms with van der Waals surface area (Å²) in [5.74, 6) is 0. The van der Waals surface area contributed by atoms with Crippen molar-refractivity contribution < 1.29 is 0 Å². The normalized spacial score (nSPS) is 38.4. The molecule has 0 heteroatoms. The van der Waals surface area contributed by atoms with Crippen LogP contribution in [0.2, 0.25) is 0 Å². The van der Waals surface area contributed by atoms with Crippen LogP contribution in [0.25, 0.3) is 0 Å². The highest BCUT2D eigenvalue weighted by Gasteiger charge is 2.58. The van der Waals surface area contributed by atoms with Crippen LogP contribution >= 0.6 is 0 Å². The molecule has 54 valence electrons. The molecule has 3 rings (SSSR count). The van der Waals surface area contributed by atoms with E-state index in [9.17, 15) is 0 Å². The van der Waals surface area contributed by atoms with Gasteiger partial charge in [0.1, 0.15) is 0 Å². The molecule has 3 saturated carbocycles. The van der Waals surface area contributed by atoms with Gasteiger partial charge in [-0.25, -0.2) is 0 Å². The molecule has 0 amide bonds. The van der Waals surface area contributed by atoms with Crippen molar-refractivity contribution in [1.82, 2.24) is 0 Å². The van der Waals surface area contributed by atoms with E-state index < -0.39 is 0 Å². The summed E-state index contributed by atoms with van der Waals surface area (Å²) < 4.78 is 0. The molecule has 0 aromatic carbocycles. The first-order chi connectivity index (χ1) is 4.83. The van der Waals surface area contributed by atoms with E-state index in [0.29, 0.717) is 0 Å². The molecule has 0 aromatic rings. The molecular weight excluding hydrogens is 120 g/mol. The second-order valence-electron chi connectivity index (χ2n) is 4.75. The Morgan fingerprint density at radius 1 is 0.700 bits per heavy atom. The largest absolute Gasteiger partial charge is 0.0444 e. The van der Waals surface area contributed by atoms with Gasteiger partial charge in [-0.15, -0.1) is 0 Å². The summed E-state index contributed by atoms with van der Waals surface area (Å²) in [6, 6.07) is 0. The fraction of sp³-hybridized carbons (Fsp3) is 0.800. The summed E-state index contributed by atoms with van der Waals surface area (Å²) in [4.78, 5) is 0. The molecule has 0 nitrogen and oxygen atoms in total. The van der Waals surface area contributed by atoms with Gasteiger partial charge in [-0.05, 0) is 62.2 Å². The van der Waals surface area contributed by atoms with Crippen molar-refractivity contribution in [3.05, 3.63) is 12.8 Å². The number of hydrogen-bond donors (Lipinski definition) is 0. The van der Waals surface area contributed by atoms with E-state index in [1.165, 1.54) is 25.7 Å². The topological polar surface area (TPSA) is 0 Å². The Kier molecular flexibility index (Phi) is 0.810. The third-order valence-electron chi connectivity index (χ3n) is 3.81. The van der Waals surface area contributed by atoms with E-state index >= 15 is 0 Å². The minimum atomic E-state index is 0.855. The number of rotatable bonds is 0. The predicted molar refractivity (Wildman–Crippen MR) is 41.2 cm³/mol. The lowest BCUT2D eigenvalue weighted by atomic mass is 9.40. The Labute approximate surface area is 63.0 Å². The Hall–Kier alpha value is 0. The van der Waals surface area contributed by atoms with Crippen molar-refractivity contribution >= 4 is 0 Å². The second kappa shape index (κ2) is 1.44. The molecule has 0 saturated heterocycles. The van der Waals surface area contributed by atoms with Crippen LogP contribution in [0.15, 0.2) is 0 Å². The SMILES string of the molecule is [CH]1CC2(C1)CC1(C[CH]C1)C2. The standard InChI is InChI=1S/C10H14/c1-3-9(4-1)7-10(8-9)5-2-6-10/h1-2H,3-8H2. The van der Waals surface area contributed by atoms with Crippen LogP contribution < -0.4 is 0 Å². The van der Waals surface area contributed by atoms with E-state index in [1.54, 1.807) is 12.8 Å². The quantitative estimate of drug-likeness (QED) is 0.478. The summed E-state index contributed by atoms with van der Waals surface area (Å²) in [7, 11) is 0. The van der Waals surface area contributed by atoms with Crippen LogP contribution in [0.4, 0.5) is 0 Å². The summed E-state index contributed by atoms with van der Waals surface area (Å²) in [6.07, 6.45) is 13.8. The van der Waals surface area contributed by atoms with Crippen LogP contribution in [0, 0.1) is 23.7 Å². The van der Waals surface area contributed by atoms with E-state index in [1.807, 2.05) is 0 Å². The molecule has 2 spiro atoms. The molecule has 0 atom stereocenters. The molecule has 3 aliphatic rings. The van der Waals surface area contributed by atoms with Gasteiger partial charge in [0.15, 0.2) is 0 Å². The van der Waals surface area contributed by atoms with Crippen LogP contribution in [0.5, 0.6) is 0 Å². The van der Waals surface area contributed by atoms with Crippen molar-refractivity contribution in [3.8, 4) is 0 Å². The zero-order valence-corrected chi connectivity index (χ0v) is 6.40. The minimum absolute atomic E-state index is 0.855. The monoisotopic (exact) mass is 134 g/mol. The van der Waals surface area contributed by atoms with E-state index in [2.05, 4.69) is 12.8 Å². The third-order valence-corrected chi connectivity index (χ3v) is 3.81. The van der Waals surface area contributed by atoms with Crippen molar-refractivity contribution in [2.24, 2.45) is 10.8 Å². The maximum Gasteiger partial charge on any atom is -0.0281 e. The van der Waals surface area contributed by atoms with Crippen LogP contribution in [0.1, 0.15) is 38.5 Å². The smallest absolute Gasteiger partial charge is 0.0281 e. The molecule has 0 heterocycles. The molecule has 10 heavy (non-hydrogen) atoms. The lowest BCUT2D eigenvalue weighted by Crippen LogP contribution is -2.53. The van der Waals surface area contributed by atoms with Crippen LogP contribution in [0.3, 0.4) is 0 Å². The Balaban J connectivity index is 1.69. The first-order valence-electron chi connectivity index (χ1n) is 4.46. The average molecular weight is 134 g/mol. The second-order valence-corrected chi connectivity index (χ2v) is 4.75. The first kappa shape index (κ1) is 5.62. The average Bonchev–Trinajstić information content (AvgIpc) is 1.52. The Morgan fingerprint density at radius 2 is 1.10 bits per heavy atom. The molecule has 0 aromatic heterocycles. The predicted octanol–water partition coefficient (Wildman–Crippen LogP) is 2.75. The molecular formula is C10H14. The highest BCUT2D eigenvalue weighted by Crippen LogP contribution is 2.70. The summed E-state index contributed by atoms with van der Waals surface area (Å²) in [5.41, 5.74) is 1.71. The minimum Gasteiger partial charge on any atom is -0.0444 e. The molecule has 0 N–H and O–H groups in total. The fourth-order valence-corrected chi connectivity index (χ4v) is 3.22. The van der Waals surface area contributed by atoms with Gasteiger partial charge in [-0.2, -0.15) is 0 Å². The van der Waals surface area contributed by atoms with Gasteiger partial charge in [0.2, 0.25) is 0 Å². The van der Waals surface area contributed by atoms with Gasteiger partial charge in [0, 0.05) is 0 Å². The summed E-state index contributed by atoms with van der Waals surface area (Å²) >= 11 is 0. The van der Waals surface area contributed by atoms with Crippen molar-refractivity contribution in [1.29, 1.82) is 0 Å². The molecule has 0 aliphatic heterocycles. The van der Waals surface area contributed by atoms with Crippen LogP contribution in [-0.4, -0.2) is 0 Å². The fourth-order valence-electron chi connectivity index (χ4n) is 3.22. The Morgan fingerprint density at radius 3 is 1.30 bits per heavy atom. The van der Waals surface area contributed by atoms with Gasteiger partial charge in [-0.1, -0.05) is 0 Å². The van der Waals surface area contributed by atoms with Gasteiger partial charge < -0.3 is 0 Å². The van der Waals surface area contributed by atoms with Crippen molar-refractivity contribution in [2.75, 3.05) is 0 Å². The van der Waals surface area contributed by atoms with Gasteiger partial charge in [0.25, 0.3) is 0 Å². The first-order valence-corrected chi connectivity index (χ1v) is 4.46. The number of hydrogen-bond acceptors (Lipinski definition) is 0. The van der Waals surface area contributed by atoms with E-state index in [-0.39, 0.29) is 0 Å². The zero-order chi connectivity index (χ0) is 6.66. The maximum absolute atomic E-state index is 2.45. The highest BCUT2D eigenvalue weighted by molar-refractivity contribution is 5.17. The van der Waals surface area contributed by atoms with E-state index in [4.69, 9.17) is 0 Å². The lowest BCUT2D eigenvalue weighted by Gasteiger charge is -2.65. The van der Waals surface area contributed by atoms with Gasteiger partial charge in [0.05, 0.1) is 0 Å². The third kappa shape index (κ3) is 0.500. The molecule has 2 radical (unpaired) electrons. The molecule has 0 bridgehead atoms. The maximum atomic E-state index is 2.45. The Bertz CT molecular complexity index is 133. The van der Waals surface area contributed by atoms with Crippen molar-refractivity contribution in [2.45, 2.75) is 38.5 Å². The van der Waals surface area contributed by atoms with Crippen molar-refractivity contribution in [3.63, 3.8) is 0 Å². The molecule has 0 unspecified atom stereocenters. The lowest BCUT2D eigenvalue weighted by molar-refractivity contribution is -0.0988. The highest BCUT2D eigenvalue weighted by atomic mass is 14.6. The zero-order valence-electron chi connectivity index (χ0n) is 6.40. The summed E-state index contributed by atoms with van der Waals surface area (Å²) in [5, 5.41) is 0. The molecule has 3 aliphatic carbocycles.